The molecule has 3 heteroatoms. The lowest BCUT2D eigenvalue weighted by Crippen LogP contribution is -2.44. The minimum atomic E-state index is 0.290. The van der Waals surface area contributed by atoms with Gasteiger partial charge in [0.1, 0.15) is 5.75 Å². The lowest BCUT2D eigenvalue weighted by molar-refractivity contribution is 0.269. The minimum absolute atomic E-state index is 0.290. The largest absolute Gasteiger partial charge is 0.497 e. The predicted octanol–water partition coefficient (Wildman–Crippen LogP) is 3.02. The van der Waals surface area contributed by atoms with Crippen LogP contribution in [0.1, 0.15) is 32.6 Å². The highest BCUT2D eigenvalue weighted by Gasteiger charge is 2.34. The number of hydrogen-bond acceptors (Lipinski definition) is 3. The van der Waals surface area contributed by atoms with E-state index in [2.05, 4.69) is 12.2 Å². The second kappa shape index (κ2) is 4.24. The van der Waals surface area contributed by atoms with Crippen LogP contribution in [0.2, 0.25) is 0 Å². The molecular formula is C13H20N2O. The zero-order valence-corrected chi connectivity index (χ0v) is 10.0. The van der Waals surface area contributed by atoms with Crippen molar-refractivity contribution < 1.29 is 4.74 Å². The van der Waals surface area contributed by atoms with E-state index in [1.807, 2.05) is 18.2 Å². The standard InChI is InChI=1S/C13H20N2O/c1-3-13(5-4-6-13)15-11-7-10(14)8-12(9-11)16-2/h7-9,15H,3-6,14H2,1-2H3. The summed E-state index contributed by atoms with van der Waals surface area (Å²) in [5.74, 6) is 0.813. The number of rotatable bonds is 4. The second-order valence-electron chi connectivity index (χ2n) is 4.61. The zero-order chi connectivity index (χ0) is 11.6. The van der Waals surface area contributed by atoms with Crippen LogP contribution >= 0.6 is 0 Å². The molecule has 1 aliphatic rings. The molecule has 1 aliphatic carbocycles. The van der Waals surface area contributed by atoms with Crippen LogP contribution in [0.4, 0.5) is 11.4 Å². The third kappa shape index (κ3) is 2.08. The molecule has 1 aromatic rings. The van der Waals surface area contributed by atoms with Gasteiger partial charge in [0.25, 0.3) is 0 Å². The van der Waals surface area contributed by atoms with E-state index in [1.54, 1.807) is 7.11 Å². The third-order valence-electron chi connectivity index (χ3n) is 3.56. The molecular weight excluding hydrogens is 200 g/mol. The highest BCUT2D eigenvalue weighted by molar-refractivity contribution is 5.60. The Labute approximate surface area is 97.0 Å². The molecule has 0 atom stereocenters. The zero-order valence-electron chi connectivity index (χ0n) is 10.0. The number of benzene rings is 1. The van der Waals surface area contributed by atoms with Crippen LogP contribution in [-0.2, 0) is 0 Å². The summed E-state index contributed by atoms with van der Waals surface area (Å²) in [5, 5.41) is 3.60. The van der Waals surface area contributed by atoms with Gasteiger partial charge in [-0.2, -0.15) is 0 Å². The first kappa shape index (κ1) is 11.1. The van der Waals surface area contributed by atoms with Crippen LogP contribution in [0.15, 0.2) is 18.2 Å². The number of anilines is 2. The van der Waals surface area contributed by atoms with E-state index in [1.165, 1.54) is 19.3 Å². The molecule has 1 aromatic carbocycles. The molecule has 0 amide bonds. The average molecular weight is 220 g/mol. The van der Waals surface area contributed by atoms with E-state index in [-0.39, 0.29) is 0 Å². The maximum Gasteiger partial charge on any atom is 0.122 e. The van der Waals surface area contributed by atoms with E-state index in [4.69, 9.17) is 10.5 Å². The molecule has 0 unspecified atom stereocenters. The van der Waals surface area contributed by atoms with E-state index >= 15 is 0 Å². The summed E-state index contributed by atoms with van der Waals surface area (Å²) in [4.78, 5) is 0. The van der Waals surface area contributed by atoms with Gasteiger partial charge in [0.15, 0.2) is 0 Å². The number of hydrogen-bond donors (Lipinski definition) is 2. The Bertz CT molecular complexity index is 367. The number of ether oxygens (including phenoxy) is 1. The molecule has 0 aromatic heterocycles. The maximum atomic E-state index is 5.83. The van der Waals surface area contributed by atoms with Gasteiger partial charge in [-0.15, -0.1) is 0 Å². The summed E-state index contributed by atoms with van der Waals surface area (Å²) < 4.78 is 5.22. The summed E-state index contributed by atoms with van der Waals surface area (Å²) >= 11 is 0. The van der Waals surface area contributed by atoms with Gasteiger partial charge in [-0.1, -0.05) is 6.92 Å². The fraction of sp³-hybridized carbons (Fsp3) is 0.538. The lowest BCUT2D eigenvalue weighted by atomic mass is 9.74. The van der Waals surface area contributed by atoms with Gasteiger partial charge in [-0.3, -0.25) is 0 Å². The van der Waals surface area contributed by atoms with E-state index in [9.17, 15) is 0 Å². The molecule has 16 heavy (non-hydrogen) atoms. The Balaban J connectivity index is 2.17. The topological polar surface area (TPSA) is 47.3 Å². The minimum Gasteiger partial charge on any atom is -0.497 e. The quantitative estimate of drug-likeness (QED) is 0.767. The Kier molecular flexibility index (Phi) is 2.95. The summed E-state index contributed by atoms with van der Waals surface area (Å²) in [6, 6.07) is 5.81. The van der Waals surface area contributed by atoms with Crippen LogP contribution in [0.25, 0.3) is 0 Å². The first-order chi connectivity index (χ1) is 7.67. The van der Waals surface area contributed by atoms with Gasteiger partial charge in [-0.25, -0.2) is 0 Å². The van der Waals surface area contributed by atoms with E-state index in [0.29, 0.717) is 5.54 Å². The van der Waals surface area contributed by atoms with E-state index < -0.39 is 0 Å². The van der Waals surface area contributed by atoms with Crippen molar-refractivity contribution in [3.63, 3.8) is 0 Å². The molecule has 88 valence electrons. The molecule has 0 heterocycles. The predicted molar refractivity (Wildman–Crippen MR) is 67.9 cm³/mol. The first-order valence-electron chi connectivity index (χ1n) is 5.90. The summed E-state index contributed by atoms with van der Waals surface area (Å²) in [5.41, 5.74) is 7.94. The highest BCUT2D eigenvalue weighted by Crippen LogP contribution is 2.38. The molecule has 3 nitrogen and oxygen atoms in total. The normalized spacial score (nSPS) is 17.6. The van der Waals surface area contributed by atoms with Crippen LogP contribution in [0.3, 0.4) is 0 Å². The number of nitrogen functional groups attached to an aromatic ring is 1. The van der Waals surface area contributed by atoms with Crippen molar-refractivity contribution in [2.45, 2.75) is 38.1 Å². The molecule has 2 rings (SSSR count). The summed E-state index contributed by atoms with van der Waals surface area (Å²) in [7, 11) is 1.66. The van der Waals surface area contributed by atoms with Crippen molar-refractivity contribution in [3.05, 3.63) is 18.2 Å². The Hall–Kier alpha value is -1.38. The van der Waals surface area contributed by atoms with Crippen molar-refractivity contribution >= 4 is 11.4 Å². The van der Waals surface area contributed by atoms with Crippen LogP contribution in [0, 0.1) is 0 Å². The Morgan fingerprint density at radius 2 is 2.12 bits per heavy atom. The molecule has 1 saturated carbocycles. The SMILES string of the molecule is CCC1(Nc2cc(N)cc(OC)c2)CCC1. The van der Waals surface area contributed by atoms with Gasteiger partial charge in [-0.05, 0) is 31.7 Å². The van der Waals surface area contributed by atoms with Crippen molar-refractivity contribution in [1.82, 2.24) is 0 Å². The summed E-state index contributed by atoms with van der Waals surface area (Å²) in [6.07, 6.45) is 4.98. The van der Waals surface area contributed by atoms with Crippen molar-refractivity contribution in [1.29, 1.82) is 0 Å². The Morgan fingerprint density at radius 1 is 1.38 bits per heavy atom. The monoisotopic (exact) mass is 220 g/mol. The molecule has 0 radical (unpaired) electrons. The van der Waals surface area contributed by atoms with Crippen LogP contribution in [0.5, 0.6) is 5.75 Å². The number of nitrogens with two attached hydrogens (primary N) is 1. The van der Waals surface area contributed by atoms with Crippen molar-refractivity contribution in [2.75, 3.05) is 18.2 Å². The van der Waals surface area contributed by atoms with Gasteiger partial charge < -0.3 is 15.8 Å². The second-order valence-corrected chi connectivity index (χ2v) is 4.61. The lowest BCUT2D eigenvalue weighted by Gasteiger charge is -2.43. The van der Waals surface area contributed by atoms with Crippen LogP contribution in [-0.4, -0.2) is 12.6 Å². The average Bonchev–Trinajstić information content (AvgIpc) is 2.22. The van der Waals surface area contributed by atoms with Gasteiger partial charge in [0.2, 0.25) is 0 Å². The van der Waals surface area contributed by atoms with Gasteiger partial charge in [0.05, 0.1) is 7.11 Å². The fourth-order valence-electron chi connectivity index (χ4n) is 2.29. The molecule has 0 saturated heterocycles. The molecule has 0 spiro atoms. The third-order valence-corrected chi connectivity index (χ3v) is 3.56. The molecule has 3 N–H and O–H groups in total. The Morgan fingerprint density at radius 3 is 2.62 bits per heavy atom. The maximum absolute atomic E-state index is 5.83. The van der Waals surface area contributed by atoms with Gasteiger partial charge >= 0.3 is 0 Å². The number of methoxy groups -OCH3 is 1. The molecule has 0 aliphatic heterocycles. The van der Waals surface area contributed by atoms with Gasteiger partial charge in [0, 0.05) is 29.0 Å². The smallest absolute Gasteiger partial charge is 0.122 e. The molecule has 1 fully saturated rings. The van der Waals surface area contributed by atoms with Crippen LogP contribution < -0.4 is 15.8 Å². The van der Waals surface area contributed by atoms with Crippen molar-refractivity contribution in [2.24, 2.45) is 0 Å². The molecule has 0 bridgehead atoms. The fourth-order valence-corrected chi connectivity index (χ4v) is 2.29. The van der Waals surface area contributed by atoms with Crippen molar-refractivity contribution in [3.8, 4) is 5.75 Å². The number of nitrogens with one attached hydrogen (secondary N) is 1. The first-order valence-corrected chi connectivity index (χ1v) is 5.90. The highest BCUT2D eigenvalue weighted by atomic mass is 16.5. The van der Waals surface area contributed by atoms with E-state index in [0.717, 1.165) is 23.5 Å². The summed E-state index contributed by atoms with van der Waals surface area (Å²) in [6.45, 7) is 2.23.